The highest BCUT2D eigenvalue weighted by Gasteiger charge is 2.44. The summed E-state index contributed by atoms with van der Waals surface area (Å²) in [7, 11) is -1.08. The lowest BCUT2D eigenvalue weighted by atomic mass is 9.80. The lowest BCUT2D eigenvalue weighted by molar-refractivity contribution is -0.0911. The first-order chi connectivity index (χ1) is 24.0. The SMILES string of the molecule is COc1ccc(C(OC[C@H]2OC(n3cc(C)c(=O)[nH]c3=O)C[C@H]2OS(=O)(=O)c2ccc(C)cc2)(c2ccccc2)c2ccc(OC)cc2)cc1. The van der Waals surface area contributed by atoms with E-state index in [0.29, 0.717) is 17.1 Å². The minimum atomic E-state index is -4.26. The van der Waals surface area contributed by atoms with Gasteiger partial charge >= 0.3 is 5.69 Å². The van der Waals surface area contributed by atoms with Gasteiger partial charge in [-0.05, 0) is 66.9 Å². The maximum Gasteiger partial charge on any atom is 0.330 e. The van der Waals surface area contributed by atoms with Crippen LogP contribution in [-0.4, -0.2) is 51.0 Å². The molecule has 1 aromatic heterocycles. The number of nitrogens with one attached hydrogen (secondary N) is 1. The van der Waals surface area contributed by atoms with E-state index in [1.165, 1.54) is 22.9 Å². The molecule has 1 saturated heterocycles. The molecular formula is C38H38N2O9S. The first kappa shape index (κ1) is 34.8. The number of aromatic amines is 1. The number of hydrogen-bond acceptors (Lipinski definition) is 9. The summed E-state index contributed by atoms with van der Waals surface area (Å²) in [5.74, 6) is 1.31. The quantitative estimate of drug-likeness (QED) is 0.137. The number of benzene rings is 4. The Hall–Kier alpha value is -5.01. The zero-order valence-electron chi connectivity index (χ0n) is 28.1. The van der Waals surface area contributed by atoms with Crippen LogP contribution in [0.3, 0.4) is 0 Å². The van der Waals surface area contributed by atoms with E-state index in [1.807, 2.05) is 85.8 Å². The molecule has 260 valence electrons. The summed E-state index contributed by atoms with van der Waals surface area (Å²) in [6, 6.07) is 31.0. The number of aryl methyl sites for hydroxylation is 2. The van der Waals surface area contributed by atoms with E-state index >= 15 is 0 Å². The van der Waals surface area contributed by atoms with Gasteiger partial charge in [-0.1, -0.05) is 72.3 Å². The smallest absolute Gasteiger partial charge is 0.330 e. The molecule has 6 rings (SSSR count). The van der Waals surface area contributed by atoms with Crippen LogP contribution < -0.4 is 20.7 Å². The minimum absolute atomic E-state index is 0.0154. The molecule has 1 aliphatic rings. The van der Waals surface area contributed by atoms with Gasteiger partial charge in [0.2, 0.25) is 0 Å². The largest absolute Gasteiger partial charge is 0.497 e. The lowest BCUT2D eigenvalue weighted by Crippen LogP contribution is -2.39. The highest BCUT2D eigenvalue weighted by Crippen LogP contribution is 2.43. The molecule has 0 saturated carbocycles. The fourth-order valence-electron chi connectivity index (χ4n) is 6.13. The molecule has 50 heavy (non-hydrogen) atoms. The van der Waals surface area contributed by atoms with E-state index in [2.05, 4.69) is 4.98 Å². The third-order valence-corrected chi connectivity index (χ3v) is 10.2. The molecule has 12 heteroatoms. The summed E-state index contributed by atoms with van der Waals surface area (Å²) in [6.45, 7) is 3.27. The number of rotatable bonds is 12. The molecule has 0 aliphatic carbocycles. The summed E-state index contributed by atoms with van der Waals surface area (Å²) in [6.07, 6.45) is -1.63. The Kier molecular flexibility index (Phi) is 10.1. The zero-order chi connectivity index (χ0) is 35.5. The fourth-order valence-corrected chi connectivity index (χ4v) is 7.24. The van der Waals surface area contributed by atoms with E-state index in [-0.39, 0.29) is 17.9 Å². The Balaban J connectivity index is 1.43. The number of methoxy groups -OCH3 is 2. The zero-order valence-corrected chi connectivity index (χ0v) is 28.9. The van der Waals surface area contributed by atoms with Crippen molar-refractivity contribution in [3.05, 3.63) is 158 Å². The summed E-state index contributed by atoms with van der Waals surface area (Å²) < 4.78 is 58.6. The van der Waals surface area contributed by atoms with Crippen LogP contribution in [0.2, 0.25) is 0 Å². The molecule has 1 N–H and O–H groups in total. The molecule has 5 aromatic rings. The van der Waals surface area contributed by atoms with Crippen LogP contribution in [0.1, 0.15) is 40.5 Å². The van der Waals surface area contributed by atoms with E-state index in [1.54, 1.807) is 33.3 Å². The van der Waals surface area contributed by atoms with Crippen molar-refractivity contribution in [1.82, 2.24) is 9.55 Å². The van der Waals surface area contributed by atoms with Gasteiger partial charge in [0.05, 0.1) is 25.7 Å². The second-order valence-corrected chi connectivity index (χ2v) is 13.6. The van der Waals surface area contributed by atoms with Gasteiger partial charge in [-0.25, -0.2) is 4.79 Å². The van der Waals surface area contributed by atoms with Gasteiger partial charge in [-0.3, -0.25) is 18.5 Å². The Labute approximate surface area is 290 Å². The van der Waals surface area contributed by atoms with Crippen molar-refractivity contribution >= 4 is 10.1 Å². The lowest BCUT2D eigenvalue weighted by Gasteiger charge is -2.37. The number of hydrogen-bond donors (Lipinski definition) is 1. The highest BCUT2D eigenvalue weighted by molar-refractivity contribution is 7.86. The Morgan fingerprint density at radius 2 is 1.36 bits per heavy atom. The Bertz CT molecular complexity index is 2100. The topological polar surface area (TPSA) is 135 Å². The van der Waals surface area contributed by atoms with Crippen molar-refractivity contribution in [2.24, 2.45) is 0 Å². The van der Waals surface area contributed by atoms with Crippen molar-refractivity contribution in [2.45, 2.75) is 49.2 Å². The van der Waals surface area contributed by atoms with Gasteiger partial charge in [-0.15, -0.1) is 0 Å². The van der Waals surface area contributed by atoms with Crippen molar-refractivity contribution < 1.29 is 31.5 Å². The molecule has 0 radical (unpaired) electrons. The van der Waals surface area contributed by atoms with Gasteiger partial charge in [0, 0.05) is 18.2 Å². The molecule has 1 fully saturated rings. The minimum Gasteiger partial charge on any atom is -0.497 e. The van der Waals surface area contributed by atoms with Crippen molar-refractivity contribution in [1.29, 1.82) is 0 Å². The van der Waals surface area contributed by atoms with Crippen LogP contribution in [0.25, 0.3) is 0 Å². The predicted octanol–water partition coefficient (Wildman–Crippen LogP) is 5.24. The second kappa shape index (κ2) is 14.5. The molecule has 0 amide bonds. The number of aromatic nitrogens is 2. The second-order valence-electron chi connectivity index (χ2n) is 12.1. The molecule has 4 aromatic carbocycles. The molecule has 1 aliphatic heterocycles. The average Bonchev–Trinajstić information content (AvgIpc) is 3.52. The first-order valence-electron chi connectivity index (χ1n) is 16.0. The monoisotopic (exact) mass is 698 g/mol. The standard InChI is InChI=1S/C38H38N2O9S/c1-25-10-20-32(21-11-25)50(43,44)49-33-22-35(40-23-26(2)36(41)39-37(40)42)48-34(33)24-47-38(27-8-6-5-7-9-27,28-12-16-30(45-3)17-13-28)29-14-18-31(46-4)19-15-29/h5-21,23,33-35H,22,24H2,1-4H3,(H,39,41,42)/t33-,34-,35?/m1/s1. The molecule has 1 unspecified atom stereocenters. The van der Waals surface area contributed by atoms with Gasteiger partial charge < -0.3 is 18.9 Å². The van der Waals surface area contributed by atoms with Gasteiger partial charge in [0.1, 0.15) is 35.5 Å². The normalized spacial score (nSPS) is 17.8. The third-order valence-electron chi connectivity index (χ3n) is 8.83. The van der Waals surface area contributed by atoms with E-state index in [9.17, 15) is 18.0 Å². The Morgan fingerprint density at radius 3 is 1.92 bits per heavy atom. The third kappa shape index (κ3) is 7.01. The Morgan fingerprint density at radius 1 is 0.800 bits per heavy atom. The average molecular weight is 699 g/mol. The molecule has 0 spiro atoms. The molecule has 11 nitrogen and oxygen atoms in total. The van der Waals surface area contributed by atoms with Crippen molar-refractivity contribution in [3.8, 4) is 11.5 Å². The van der Waals surface area contributed by atoms with Crippen LogP contribution in [0.5, 0.6) is 11.5 Å². The van der Waals surface area contributed by atoms with E-state index in [0.717, 1.165) is 22.3 Å². The number of ether oxygens (including phenoxy) is 4. The maximum atomic E-state index is 13.6. The van der Waals surface area contributed by atoms with Gasteiger partial charge in [0.25, 0.3) is 15.7 Å². The van der Waals surface area contributed by atoms with Gasteiger partial charge in [0.15, 0.2) is 0 Å². The predicted molar refractivity (Wildman–Crippen MR) is 186 cm³/mol. The fraction of sp³-hybridized carbons (Fsp3) is 0.263. The summed E-state index contributed by atoms with van der Waals surface area (Å²) in [5.41, 5.74) is 1.06. The van der Waals surface area contributed by atoms with Crippen molar-refractivity contribution in [2.75, 3.05) is 20.8 Å². The van der Waals surface area contributed by atoms with Crippen molar-refractivity contribution in [3.63, 3.8) is 0 Å². The molecule has 0 bridgehead atoms. The summed E-state index contributed by atoms with van der Waals surface area (Å²) in [4.78, 5) is 27.4. The summed E-state index contributed by atoms with van der Waals surface area (Å²) >= 11 is 0. The van der Waals surface area contributed by atoms with Crippen LogP contribution >= 0.6 is 0 Å². The van der Waals surface area contributed by atoms with Crippen LogP contribution in [-0.2, 0) is 29.4 Å². The van der Waals surface area contributed by atoms with Crippen LogP contribution in [0.15, 0.2) is 124 Å². The number of H-pyrrole nitrogens is 1. The van der Waals surface area contributed by atoms with Crippen LogP contribution in [0.4, 0.5) is 0 Å². The highest BCUT2D eigenvalue weighted by atomic mass is 32.2. The van der Waals surface area contributed by atoms with E-state index < -0.39 is 45.4 Å². The molecule has 2 heterocycles. The molecule has 3 atom stereocenters. The van der Waals surface area contributed by atoms with Crippen LogP contribution in [0, 0.1) is 13.8 Å². The molecular weight excluding hydrogens is 660 g/mol. The maximum absolute atomic E-state index is 13.6. The van der Waals surface area contributed by atoms with Gasteiger partial charge in [-0.2, -0.15) is 8.42 Å². The number of nitrogens with zero attached hydrogens (tertiary/aromatic N) is 1. The first-order valence-corrected chi connectivity index (χ1v) is 17.4. The van der Waals surface area contributed by atoms with E-state index in [4.69, 9.17) is 23.1 Å². The summed E-state index contributed by atoms with van der Waals surface area (Å²) in [5, 5.41) is 0.